The molecule has 5 heteroatoms. The van der Waals surface area contributed by atoms with Crippen LogP contribution in [-0.2, 0) is 11.2 Å². The molecule has 2 N–H and O–H groups in total. The van der Waals surface area contributed by atoms with E-state index in [1.54, 1.807) is 17.0 Å². The van der Waals surface area contributed by atoms with Gasteiger partial charge in [-0.15, -0.1) is 0 Å². The second-order valence-electron chi connectivity index (χ2n) is 7.62. The molecule has 0 unspecified atom stereocenters. The number of piperidine rings is 1. The number of aromatic hydroxyl groups is 1. The van der Waals surface area contributed by atoms with Crippen LogP contribution in [0, 0.1) is 5.92 Å². The lowest BCUT2D eigenvalue weighted by atomic mass is 9.88. The van der Waals surface area contributed by atoms with E-state index in [2.05, 4.69) is 5.32 Å². The molecule has 1 aliphatic carbocycles. The fourth-order valence-electron chi connectivity index (χ4n) is 4.06. The molecular weight excluding hydrogens is 328 g/mol. The smallest absolute Gasteiger partial charge is 0.257 e. The Balaban J connectivity index is 1.53. The number of nitrogens with zero attached hydrogens (tertiary/aromatic N) is 1. The summed E-state index contributed by atoms with van der Waals surface area (Å²) in [5.74, 6) is 0.301. The van der Waals surface area contributed by atoms with Crippen LogP contribution in [0.3, 0.4) is 0 Å². The van der Waals surface area contributed by atoms with Crippen LogP contribution < -0.4 is 5.32 Å². The Labute approximate surface area is 155 Å². The first kappa shape index (κ1) is 18.7. The van der Waals surface area contributed by atoms with Gasteiger partial charge in [0.25, 0.3) is 5.91 Å². The van der Waals surface area contributed by atoms with E-state index in [1.165, 1.54) is 6.42 Å². The molecule has 0 bridgehead atoms. The molecule has 1 aromatic carbocycles. The fourth-order valence-corrected chi connectivity index (χ4v) is 4.06. The maximum Gasteiger partial charge on any atom is 0.257 e. The summed E-state index contributed by atoms with van der Waals surface area (Å²) < 4.78 is 0. The third kappa shape index (κ3) is 4.37. The van der Waals surface area contributed by atoms with Crippen molar-refractivity contribution in [2.24, 2.45) is 5.92 Å². The van der Waals surface area contributed by atoms with Crippen molar-refractivity contribution in [3.63, 3.8) is 0 Å². The Hall–Kier alpha value is -2.04. The van der Waals surface area contributed by atoms with E-state index in [-0.39, 0.29) is 29.5 Å². The van der Waals surface area contributed by atoms with Gasteiger partial charge >= 0.3 is 0 Å². The van der Waals surface area contributed by atoms with Gasteiger partial charge in [0.2, 0.25) is 5.91 Å². The molecule has 5 nitrogen and oxygen atoms in total. The molecule has 0 atom stereocenters. The predicted octanol–water partition coefficient (Wildman–Crippen LogP) is 3.26. The lowest BCUT2D eigenvalue weighted by molar-refractivity contribution is -0.126. The van der Waals surface area contributed by atoms with Crippen molar-refractivity contribution >= 4 is 11.8 Å². The molecule has 1 saturated heterocycles. The van der Waals surface area contributed by atoms with Gasteiger partial charge in [0.05, 0.1) is 5.56 Å². The van der Waals surface area contributed by atoms with Gasteiger partial charge in [-0.3, -0.25) is 9.59 Å². The van der Waals surface area contributed by atoms with Crippen LogP contribution in [0.4, 0.5) is 0 Å². The average Bonchev–Trinajstić information content (AvgIpc) is 2.69. The Bertz CT molecular complexity index is 645. The van der Waals surface area contributed by atoms with E-state index in [9.17, 15) is 14.7 Å². The first-order valence-electron chi connectivity index (χ1n) is 10.00. The first-order chi connectivity index (χ1) is 12.6. The summed E-state index contributed by atoms with van der Waals surface area (Å²) in [6.45, 7) is 3.26. The Morgan fingerprint density at radius 3 is 2.46 bits per heavy atom. The average molecular weight is 358 g/mol. The van der Waals surface area contributed by atoms with E-state index < -0.39 is 0 Å². The van der Waals surface area contributed by atoms with E-state index in [1.807, 2.05) is 13.0 Å². The maximum absolute atomic E-state index is 12.7. The molecule has 1 saturated carbocycles. The van der Waals surface area contributed by atoms with E-state index in [0.717, 1.165) is 50.5 Å². The Morgan fingerprint density at radius 2 is 1.81 bits per heavy atom. The van der Waals surface area contributed by atoms with Gasteiger partial charge < -0.3 is 15.3 Å². The Kier molecular flexibility index (Phi) is 6.17. The zero-order valence-electron chi connectivity index (χ0n) is 15.7. The number of nitrogens with one attached hydrogen (secondary N) is 1. The SMILES string of the molecule is CCc1ccc(O)c(C(=O)N2CCC(NC(=O)C3CCCCC3)CC2)c1. The van der Waals surface area contributed by atoms with Crippen LogP contribution in [0.5, 0.6) is 5.75 Å². The second-order valence-corrected chi connectivity index (χ2v) is 7.62. The third-order valence-corrected chi connectivity index (χ3v) is 5.80. The first-order valence-corrected chi connectivity index (χ1v) is 10.00. The van der Waals surface area contributed by atoms with E-state index in [0.29, 0.717) is 18.7 Å². The molecule has 2 aliphatic rings. The lowest BCUT2D eigenvalue weighted by Gasteiger charge is -2.33. The number of rotatable bonds is 4. The van der Waals surface area contributed by atoms with Gasteiger partial charge in [-0.25, -0.2) is 0 Å². The maximum atomic E-state index is 12.7. The van der Waals surface area contributed by atoms with Crippen molar-refractivity contribution in [3.8, 4) is 5.75 Å². The number of hydrogen-bond donors (Lipinski definition) is 2. The highest BCUT2D eigenvalue weighted by Gasteiger charge is 2.28. The molecule has 2 fully saturated rings. The van der Waals surface area contributed by atoms with Gasteiger partial charge in [0.15, 0.2) is 0 Å². The van der Waals surface area contributed by atoms with Gasteiger partial charge in [0, 0.05) is 25.0 Å². The number of carbonyl (C=O) groups excluding carboxylic acids is 2. The van der Waals surface area contributed by atoms with Crippen LogP contribution in [0.25, 0.3) is 0 Å². The number of benzene rings is 1. The highest BCUT2D eigenvalue weighted by molar-refractivity contribution is 5.97. The van der Waals surface area contributed by atoms with Crippen LogP contribution in [0.1, 0.15) is 67.8 Å². The van der Waals surface area contributed by atoms with Gasteiger partial charge in [-0.1, -0.05) is 32.3 Å². The summed E-state index contributed by atoms with van der Waals surface area (Å²) in [6.07, 6.45) is 7.96. The fraction of sp³-hybridized carbons (Fsp3) is 0.619. The largest absolute Gasteiger partial charge is 0.507 e. The molecule has 1 heterocycles. The van der Waals surface area contributed by atoms with Gasteiger partial charge in [-0.2, -0.15) is 0 Å². The molecule has 1 aliphatic heterocycles. The van der Waals surface area contributed by atoms with Crippen molar-refractivity contribution in [3.05, 3.63) is 29.3 Å². The number of amides is 2. The molecule has 142 valence electrons. The standard InChI is InChI=1S/C21H30N2O3/c1-2-15-8-9-19(24)18(14-15)21(26)23-12-10-17(11-13-23)22-20(25)16-6-4-3-5-7-16/h8-9,14,16-17,24H,2-7,10-13H2,1H3,(H,22,25). The number of hydrogen-bond acceptors (Lipinski definition) is 3. The number of carbonyl (C=O) groups is 2. The van der Waals surface area contributed by atoms with Crippen molar-refractivity contribution in [2.45, 2.75) is 64.3 Å². The lowest BCUT2D eigenvalue weighted by Crippen LogP contribution is -2.48. The highest BCUT2D eigenvalue weighted by atomic mass is 16.3. The zero-order chi connectivity index (χ0) is 18.5. The molecule has 0 aromatic heterocycles. The van der Waals surface area contributed by atoms with Crippen molar-refractivity contribution in [2.75, 3.05) is 13.1 Å². The molecular formula is C21H30N2O3. The summed E-state index contributed by atoms with van der Waals surface area (Å²) in [5, 5.41) is 13.2. The highest BCUT2D eigenvalue weighted by Crippen LogP contribution is 2.25. The molecule has 2 amide bonds. The van der Waals surface area contributed by atoms with E-state index >= 15 is 0 Å². The summed E-state index contributed by atoms with van der Waals surface area (Å²) >= 11 is 0. The van der Waals surface area contributed by atoms with E-state index in [4.69, 9.17) is 0 Å². The summed E-state index contributed by atoms with van der Waals surface area (Å²) in [5.41, 5.74) is 1.43. The number of phenols is 1. The normalized spacial score (nSPS) is 19.3. The second kappa shape index (κ2) is 8.56. The molecule has 0 radical (unpaired) electrons. The summed E-state index contributed by atoms with van der Waals surface area (Å²) in [6, 6.07) is 5.39. The van der Waals surface area contributed by atoms with Crippen molar-refractivity contribution in [1.29, 1.82) is 0 Å². The monoisotopic (exact) mass is 358 g/mol. The molecule has 26 heavy (non-hydrogen) atoms. The minimum Gasteiger partial charge on any atom is -0.507 e. The quantitative estimate of drug-likeness (QED) is 0.868. The van der Waals surface area contributed by atoms with Crippen LogP contribution >= 0.6 is 0 Å². The topological polar surface area (TPSA) is 69.6 Å². The van der Waals surface area contributed by atoms with Crippen molar-refractivity contribution in [1.82, 2.24) is 10.2 Å². The molecule has 3 rings (SSSR count). The Morgan fingerprint density at radius 1 is 1.12 bits per heavy atom. The van der Waals surface area contributed by atoms with Gasteiger partial charge in [0.1, 0.15) is 5.75 Å². The van der Waals surface area contributed by atoms with Gasteiger partial charge in [-0.05, 0) is 49.8 Å². The van der Waals surface area contributed by atoms with Crippen molar-refractivity contribution < 1.29 is 14.7 Å². The number of phenolic OH excluding ortho intramolecular Hbond substituents is 1. The van der Waals surface area contributed by atoms with Crippen LogP contribution in [0.15, 0.2) is 18.2 Å². The number of aryl methyl sites for hydroxylation is 1. The minimum absolute atomic E-state index is 0.0416. The summed E-state index contributed by atoms with van der Waals surface area (Å²) in [4.78, 5) is 26.9. The summed E-state index contributed by atoms with van der Waals surface area (Å²) in [7, 11) is 0. The van der Waals surface area contributed by atoms with Crippen LogP contribution in [0.2, 0.25) is 0 Å². The number of likely N-dealkylation sites (tertiary alicyclic amines) is 1. The zero-order valence-corrected chi connectivity index (χ0v) is 15.7. The van der Waals surface area contributed by atoms with Crippen LogP contribution in [-0.4, -0.2) is 41.0 Å². The molecule has 1 aromatic rings. The predicted molar refractivity (Wildman–Crippen MR) is 101 cm³/mol. The third-order valence-electron chi connectivity index (χ3n) is 5.80. The minimum atomic E-state index is -0.116. The molecule has 0 spiro atoms.